The summed E-state index contributed by atoms with van der Waals surface area (Å²) in [5.41, 5.74) is 0.815. The fourth-order valence-electron chi connectivity index (χ4n) is 0.952. The average Bonchev–Trinajstić information content (AvgIpc) is 2.35. The molecule has 1 aliphatic heterocycles. The summed E-state index contributed by atoms with van der Waals surface area (Å²) in [6.45, 7) is 0.649. The number of fused-ring (bicyclic) bond motifs is 1. The van der Waals surface area contributed by atoms with E-state index < -0.39 is 0 Å². The first kappa shape index (κ1) is 4.61. The monoisotopic (exact) mass is 122 g/mol. The van der Waals surface area contributed by atoms with Crippen LogP contribution in [0.5, 0.6) is 5.75 Å². The summed E-state index contributed by atoms with van der Waals surface area (Å²) in [6, 6.07) is 1.67. The Hall–Kier alpha value is -1.25. The number of nitrogens with zero attached hydrogens (tertiary/aromatic N) is 2. The molecule has 0 radical (unpaired) electrons. The smallest absolute Gasteiger partial charge is 0.142 e. The first-order valence-electron chi connectivity index (χ1n) is 2.76. The van der Waals surface area contributed by atoms with Crippen molar-refractivity contribution in [3.8, 4) is 5.75 Å². The summed E-state index contributed by atoms with van der Waals surface area (Å²) in [7, 11) is 0. The van der Waals surface area contributed by atoms with Crippen molar-refractivity contribution in [2.75, 3.05) is 0 Å². The minimum atomic E-state index is 0.316. The third-order valence-corrected chi connectivity index (χ3v) is 1.43. The lowest BCUT2D eigenvalue weighted by Crippen LogP contribution is -1.88. The van der Waals surface area contributed by atoms with Gasteiger partial charge in [0, 0.05) is 6.20 Å². The summed E-state index contributed by atoms with van der Waals surface area (Å²) < 4.78 is 1.88. The highest BCUT2D eigenvalue weighted by Gasteiger charge is 2.07. The van der Waals surface area contributed by atoms with Crippen LogP contribution in [-0.4, -0.2) is 15.9 Å². The van der Waals surface area contributed by atoms with Crippen LogP contribution < -0.4 is 0 Å². The van der Waals surface area contributed by atoms with Gasteiger partial charge in [0.05, 0.1) is 6.21 Å². The molecule has 9 heavy (non-hydrogen) atoms. The van der Waals surface area contributed by atoms with Gasteiger partial charge in [0.1, 0.15) is 18.1 Å². The highest BCUT2D eigenvalue weighted by atomic mass is 16.3. The SMILES string of the molecule is Oc1ccn2c1C=NC2. The van der Waals surface area contributed by atoms with Crippen LogP contribution in [0.1, 0.15) is 5.69 Å². The van der Waals surface area contributed by atoms with E-state index in [1.165, 1.54) is 0 Å². The Kier molecular flexibility index (Phi) is 0.704. The highest BCUT2D eigenvalue weighted by Crippen LogP contribution is 2.18. The van der Waals surface area contributed by atoms with E-state index in [0.717, 1.165) is 5.69 Å². The van der Waals surface area contributed by atoms with Gasteiger partial charge in [-0.3, -0.25) is 4.99 Å². The number of aliphatic imine (C=N–C) groups is 1. The van der Waals surface area contributed by atoms with Gasteiger partial charge in [0.25, 0.3) is 0 Å². The first-order valence-corrected chi connectivity index (χ1v) is 2.76. The molecule has 0 spiro atoms. The minimum Gasteiger partial charge on any atom is -0.506 e. The molecule has 3 heteroatoms. The zero-order valence-corrected chi connectivity index (χ0v) is 4.78. The largest absolute Gasteiger partial charge is 0.506 e. The number of aromatic nitrogens is 1. The molecule has 2 heterocycles. The molecule has 0 saturated heterocycles. The average molecular weight is 122 g/mol. The van der Waals surface area contributed by atoms with Crippen LogP contribution in [0.15, 0.2) is 17.3 Å². The standard InChI is InChI=1S/C6H6N2O/c9-6-1-2-8-4-7-3-5(6)8/h1-3,9H,4H2. The van der Waals surface area contributed by atoms with Gasteiger partial charge in [0.15, 0.2) is 0 Å². The molecular formula is C6H6N2O. The highest BCUT2D eigenvalue weighted by molar-refractivity contribution is 5.82. The van der Waals surface area contributed by atoms with Crippen LogP contribution in [0.4, 0.5) is 0 Å². The number of aromatic hydroxyl groups is 1. The van der Waals surface area contributed by atoms with E-state index in [1.807, 2.05) is 10.8 Å². The molecule has 0 fully saturated rings. The molecule has 2 rings (SSSR count). The minimum absolute atomic E-state index is 0.316. The molecule has 1 N–H and O–H groups in total. The van der Waals surface area contributed by atoms with E-state index in [2.05, 4.69) is 4.99 Å². The third-order valence-electron chi connectivity index (χ3n) is 1.43. The normalized spacial score (nSPS) is 14.2. The molecule has 46 valence electrons. The first-order chi connectivity index (χ1) is 4.38. The van der Waals surface area contributed by atoms with Crippen molar-refractivity contribution in [3.63, 3.8) is 0 Å². The van der Waals surface area contributed by atoms with E-state index in [4.69, 9.17) is 5.11 Å². The Morgan fingerprint density at radius 3 is 3.33 bits per heavy atom. The molecular weight excluding hydrogens is 116 g/mol. The summed E-state index contributed by atoms with van der Waals surface area (Å²) >= 11 is 0. The summed E-state index contributed by atoms with van der Waals surface area (Å²) in [4.78, 5) is 3.95. The summed E-state index contributed by atoms with van der Waals surface area (Å²) in [5.74, 6) is 0.316. The molecule has 0 bridgehead atoms. The molecule has 0 unspecified atom stereocenters. The maximum absolute atomic E-state index is 9.06. The van der Waals surface area contributed by atoms with Crippen LogP contribution in [0.3, 0.4) is 0 Å². The Morgan fingerprint density at radius 1 is 1.67 bits per heavy atom. The fraction of sp³-hybridized carbons (Fsp3) is 0.167. The van der Waals surface area contributed by atoms with E-state index in [-0.39, 0.29) is 0 Å². The third kappa shape index (κ3) is 0.483. The van der Waals surface area contributed by atoms with E-state index in [0.29, 0.717) is 12.4 Å². The van der Waals surface area contributed by atoms with E-state index >= 15 is 0 Å². The zero-order chi connectivity index (χ0) is 6.27. The van der Waals surface area contributed by atoms with Crippen molar-refractivity contribution in [2.24, 2.45) is 4.99 Å². The van der Waals surface area contributed by atoms with Crippen molar-refractivity contribution in [1.82, 2.24) is 4.57 Å². The molecule has 1 aliphatic rings. The summed E-state index contributed by atoms with van der Waals surface area (Å²) in [5, 5.41) is 9.06. The maximum Gasteiger partial charge on any atom is 0.142 e. The lowest BCUT2D eigenvalue weighted by atomic mass is 10.4. The lowest BCUT2D eigenvalue weighted by molar-refractivity contribution is 0.473. The topological polar surface area (TPSA) is 37.5 Å². The molecule has 0 amide bonds. The molecule has 1 aromatic rings. The van der Waals surface area contributed by atoms with Gasteiger partial charge in [-0.15, -0.1) is 0 Å². The van der Waals surface area contributed by atoms with Gasteiger partial charge in [-0.05, 0) is 6.07 Å². The molecule has 3 nitrogen and oxygen atoms in total. The van der Waals surface area contributed by atoms with Gasteiger partial charge < -0.3 is 9.67 Å². The number of rotatable bonds is 0. The summed E-state index contributed by atoms with van der Waals surface area (Å²) in [6.07, 6.45) is 3.49. The second kappa shape index (κ2) is 1.37. The second-order valence-electron chi connectivity index (χ2n) is 2.01. The van der Waals surface area contributed by atoms with Gasteiger partial charge in [-0.25, -0.2) is 0 Å². The van der Waals surface area contributed by atoms with Crippen LogP contribution in [0.2, 0.25) is 0 Å². The van der Waals surface area contributed by atoms with Crippen molar-refractivity contribution in [1.29, 1.82) is 0 Å². The molecule has 1 aromatic heterocycles. The molecule has 0 aliphatic carbocycles. The zero-order valence-electron chi connectivity index (χ0n) is 4.78. The Labute approximate surface area is 52.3 Å². The van der Waals surface area contributed by atoms with Crippen LogP contribution in [0, 0.1) is 0 Å². The Balaban J connectivity index is 2.67. The van der Waals surface area contributed by atoms with Crippen LogP contribution >= 0.6 is 0 Å². The van der Waals surface area contributed by atoms with Crippen LogP contribution in [0.25, 0.3) is 0 Å². The van der Waals surface area contributed by atoms with E-state index in [1.54, 1.807) is 12.3 Å². The van der Waals surface area contributed by atoms with Gasteiger partial charge in [0.2, 0.25) is 0 Å². The number of hydrogen-bond donors (Lipinski definition) is 1. The van der Waals surface area contributed by atoms with Crippen molar-refractivity contribution >= 4 is 6.21 Å². The predicted molar refractivity (Wildman–Crippen MR) is 33.7 cm³/mol. The van der Waals surface area contributed by atoms with Gasteiger partial charge >= 0.3 is 0 Å². The van der Waals surface area contributed by atoms with Crippen molar-refractivity contribution < 1.29 is 5.11 Å². The van der Waals surface area contributed by atoms with E-state index in [9.17, 15) is 0 Å². The molecule has 0 atom stereocenters. The second-order valence-corrected chi connectivity index (χ2v) is 2.01. The lowest BCUT2D eigenvalue weighted by Gasteiger charge is -1.90. The van der Waals surface area contributed by atoms with Gasteiger partial charge in [-0.1, -0.05) is 0 Å². The predicted octanol–water partition coefficient (Wildman–Crippen LogP) is 0.584. The fourth-order valence-corrected chi connectivity index (χ4v) is 0.952. The van der Waals surface area contributed by atoms with Gasteiger partial charge in [-0.2, -0.15) is 0 Å². The Bertz CT molecular complexity index is 262. The quantitative estimate of drug-likeness (QED) is 0.537. The maximum atomic E-state index is 9.06. The Morgan fingerprint density at radius 2 is 2.56 bits per heavy atom. The number of hydrogen-bond acceptors (Lipinski definition) is 2. The molecule has 0 aromatic carbocycles. The van der Waals surface area contributed by atoms with Crippen LogP contribution in [-0.2, 0) is 6.67 Å². The molecule has 0 saturated carbocycles. The van der Waals surface area contributed by atoms with Crippen molar-refractivity contribution in [3.05, 3.63) is 18.0 Å². The van der Waals surface area contributed by atoms with Crippen molar-refractivity contribution in [2.45, 2.75) is 6.67 Å².